The summed E-state index contributed by atoms with van der Waals surface area (Å²) in [4.78, 5) is 35.0. The molecule has 6 atom stereocenters. The fourth-order valence-corrected chi connectivity index (χ4v) is 6.72. The summed E-state index contributed by atoms with van der Waals surface area (Å²) in [7, 11) is 0. The SMILES string of the molecule is C/C(=C\C=C\[C@@H](C)c1ccccn1)[C@H]1OC(=O)C[C@H](O)CC[C@@](C)(O)C(OC(=O)N2CCC(N3CCCCCC3)CC2)/C=C/[C@@H]1C. The number of allylic oxidation sites excluding steroid dienone is 3. The van der Waals surface area contributed by atoms with E-state index in [1.165, 1.54) is 25.7 Å². The average Bonchev–Trinajstić information content (AvgIpc) is 3.34. The van der Waals surface area contributed by atoms with Gasteiger partial charge in [-0.25, -0.2) is 4.79 Å². The van der Waals surface area contributed by atoms with Crippen LogP contribution in [0.4, 0.5) is 4.79 Å². The number of aliphatic hydroxyl groups excluding tert-OH is 1. The molecular formula is C37H55N3O6. The van der Waals surface area contributed by atoms with Crippen LogP contribution in [0.1, 0.15) is 97.1 Å². The number of aromatic nitrogens is 1. The minimum Gasteiger partial charge on any atom is -0.457 e. The fraction of sp³-hybridized carbons (Fsp3) is 0.649. The highest BCUT2D eigenvalue weighted by molar-refractivity contribution is 5.70. The third-order valence-corrected chi connectivity index (χ3v) is 9.79. The summed E-state index contributed by atoms with van der Waals surface area (Å²) in [5.41, 5.74) is 0.349. The number of cyclic esters (lactones) is 1. The van der Waals surface area contributed by atoms with Gasteiger partial charge in [-0.15, -0.1) is 0 Å². The third kappa shape index (κ3) is 10.5. The molecule has 2 fully saturated rings. The molecule has 4 rings (SSSR count). The van der Waals surface area contributed by atoms with Gasteiger partial charge in [-0.05, 0) is 89.2 Å². The molecule has 254 valence electrons. The quantitative estimate of drug-likeness (QED) is 0.224. The van der Waals surface area contributed by atoms with Gasteiger partial charge in [0, 0.05) is 42.9 Å². The smallest absolute Gasteiger partial charge is 0.410 e. The van der Waals surface area contributed by atoms with Gasteiger partial charge in [-0.2, -0.15) is 0 Å². The lowest BCUT2D eigenvalue weighted by atomic mass is 9.88. The van der Waals surface area contributed by atoms with Crippen LogP contribution in [0.2, 0.25) is 0 Å². The van der Waals surface area contributed by atoms with E-state index in [0.717, 1.165) is 37.2 Å². The van der Waals surface area contributed by atoms with Crippen molar-refractivity contribution in [1.29, 1.82) is 0 Å². The van der Waals surface area contributed by atoms with Crippen molar-refractivity contribution in [3.05, 3.63) is 66.0 Å². The molecule has 2 saturated heterocycles. The van der Waals surface area contributed by atoms with E-state index in [-0.39, 0.29) is 31.1 Å². The summed E-state index contributed by atoms with van der Waals surface area (Å²) in [6, 6.07) is 6.33. The molecule has 1 aromatic heterocycles. The Hall–Kier alpha value is -3.01. The number of carbonyl (C=O) groups excluding carboxylic acids is 2. The summed E-state index contributed by atoms with van der Waals surface area (Å²) >= 11 is 0. The van der Waals surface area contributed by atoms with E-state index in [0.29, 0.717) is 19.1 Å². The molecule has 3 aliphatic rings. The van der Waals surface area contributed by atoms with E-state index in [2.05, 4.69) is 16.8 Å². The molecule has 0 aliphatic carbocycles. The Labute approximate surface area is 275 Å². The zero-order valence-corrected chi connectivity index (χ0v) is 28.2. The van der Waals surface area contributed by atoms with E-state index in [4.69, 9.17) is 9.47 Å². The Morgan fingerprint density at radius 3 is 2.50 bits per heavy atom. The first-order chi connectivity index (χ1) is 22.0. The number of likely N-dealkylation sites (tertiary alicyclic amines) is 2. The second-order valence-electron chi connectivity index (χ2n) is 13.7. The summed E-state index contributed by atoms with van der Waals surface area (Å²) < 4.78 is 11.9. The van der Waals surface area contributed by atoms with E-state index in [9.17, 15) is 19.8 Å². The predicted octanol–water partition coefficient (Wildman–Crippen LogP) is 5.93. The number of aliphatic hydroxyl groups is 2. The molecule has 46 heavy (non-hydrogen) atoms. The second-order valence-corrected chi connectivity index (χ2v) is 13.7. The number of amides is 1. The van der Waals surface area contributed by atoms with E-state index >= 15 is 0 Å². The van der Waals surface area contributed by atoms with Crippen molar-refractivity contribution < 1.29 is 29.3 Å². The highest BCUT2D eigenvalue weighted by Crippen LogP contribution is 2.28. The van der Waals surface area contributed by atoms with Gasteiger partial charge in [0.05, 0.1) is 12.5 Å². The van der Waals surface area contributed by atoms with Gasteiger partial charge in [0.1, 0.15) is 11.7 Å². The predicted molar refractivity (Wildman–Crippen MR) is 179 cm³/mol. The highest BCUT2D eigenvalue weighted by atomic mass is 16.6. The molecular weight excluding hydrogens is 582 g/mol. The van der Waals surface area contributed by atoms with E-state index in [1.54, 1.807) is 24.1 Å². The van der Waals surface area contributed by atoms with Crippen LogP contribution >= 0.6 is 0 Å². The first-order valence-corrected chi connectivity index (χ1v) is 17.3. The molecule has 4 heterocycles. The molecule has 0 bridgehead atoms. The number of esters is 1. The van der Waals surface area contributed by atoms with Gasteiger partial charge >= 0.3 is 12.1 Å². The number of rotatable bonds is 6. The topological polar surface area (TPSA) is 112 Å². The van der Waals surface area contributed by atoms with Crippen molar-refractivity contribution in [1.82, 2.24) is 14.8 Å². The summed E-state index contributed by atoms with van der Waals surface area (Å²) in [5.74, 6) is -0.683. The number of hydrogen-bond donors (Lipinski definition) is 2. The second kappa shape index (κ2) is 17.2. The van der Waals surface area contributed by atoms with Gasteiger partial charge < -0.3 is 29.5 Å². The van der Waals surface area contributed by atoms with Crippen LogP contribution in [0.3, 0.4) is 0 Å². The molecule has 1 aromatic rings. The molecule has 0 radical (unpaired) electrons. The van der Waals surface area contributed by atoms with Gasteiger partial charge in [0.2, 0.25) is 0 Å². The Balaban J connectivity index is 1.45. The van der Waals surface area contributed by atoms with Gasteiger partial charge in [0.25, 0.3) is 0 Å². The number of nitrogens with zero attached hydrogens (tertiary/aromatic N) is 3. The Morgan fingerprint density at radius 1 is 1.11 bits per heavy atom. The van der Waals surface area contributed by atoms with Crippen molar-refractivity contribution in [2.75, 3.05) is 26.2 Å². The van der Waals surface area contributed by atoms with Crippen LogP contribution in [0.25, 0.3) is 0 Å². The lowest BCUT2D eigenvalue weighted by molar-refractivity contribution is -0.151. The van der Waals surface area contributed by atoms with E-state index < -0.39 is 36.0 Å². The summed E-state index contributed by atoms with van der Waals surface area (Å²) in [5, 5.41) is 22.1. The fourth-order valence-electron chi connectivity index (χ4n) is 6.72. The minimum absolute atomic E-state index is 0.106. The molecule has 9 heteroatoms. The summed E-state index contributed by atoms with van der Waals surface area (Å²) in [6.07, 6.45) is 15.3. The molecule has 0 saturated carbocycles. The molecule has 3 aliphatic heterocycles. The van der Waals surface area contributed by atoms with Crippen LogP contribution in [0.5, 0.6) is 0 Å². The number of ether oxygens (including phenoxy) is 2. The van der Waals surface area contributed by atoms with Crippen molar-refractivity contribution in [3.8, 4) is 0 Å². The standard InChI is InChI=1S/C37H55N3O6/c1-27(32-14-7-8-21-38-32)12-11-13-28(2)35-29(3)15-16-33(37(4,44)20-17-31(41)26-34(42)46-35)45-36(43)40-24-18-30(19-25-40)39-22-9-5-6-10-23-39/h7-8,11-16,21,27,29-31,33,35,41,44H,5-6,9-10,17-20,22-26H2,1-4H3/b12-11+,16-15+,28-13+/t27-,29+,31-,33?,35-,37-/m1/s1. The zero-order valence-electron chi connectivity index (χ0n) is 28.2. The normalized spacial score (nSPS) is 31.3. The Kier molecular flexibility index (Phi) is 13.4. The highest BCUT2D eigenvalue weighted by Gasteiger charge is 2.37. The maximum absolute atomic E-state index is 13.4. The monoisotopic (exact) mass is 637 g/mol. The maximum Gasteiger partial charge on any atom is 0.410 e. The molecule has 0 aromatic carbocycles. The summed E-state index contributed by atoms with van der Waals surface area (Å²) in [6.45, 7) is 11.1. The molecule has 1 amide bonds. The van der Waals surface area contributed by atoms with Crippen molar-refractivity contribution in [2.45, 2.75) is 121 Å². The lowest BCUT2D eigenvalue weighted by Gasteiger charge is -2.39. The maximum atomic E-state index is 13.4. The van der Waals surface area contributed by atoms with Crippen LogP contribution in [-0.2, 0) is 14.3 Å². The largest absolute Gasteiger partial charge is 0.457 e. The van der Waals surface area contributed by atoms with Crippen molar-refractivity contribution in [2.24, 2.45) is 5.92 Å². The van der Waals surface area contributed by atoms with Crippen LogP contribution < -0.4 is 0 Å². The molecule has 9 nitrogen and oxygen atoms in total. The first-order valence-electron chi connectivity index (χ1n) is 17.3. The van der Waals surface area contributed by atoms with Crippen molar-refractivity contribution >= 4 is 12.1 Å². The first kappa shape index (κ1) is 35.8. The Morgan fingerprint density at radius 2 is 1.83 bits per heavy atom. The van der Waals surface area contributed by atoms with Gasteiger partial charge in [0.15, 0.2) is 6.10 Å². The lowest BCUT2D eigenvalue weighted by Crippen LogP contribution is -2.49. The third-order valence-electron chi connectivity index (χ3n) is 9.79. The van der Waals surface area contributed by atoms with Crippen LogP contribution in [0.15, 0.2) is 60.3 Å². The van der Waals surface area contributed by atoms with Crippen molar-refractivity contribution in [3.63, 3.8) is 0 Å². The zero-order chi connectivity index (χ0) is 33.1. The number of carbonyl (C=O) groups is 2. The van der Waals surface area contributed by atoms with Gasteiger partial charge in [-0.1, -0.05) is 57.1 Å². The molecule has 2 N–H and O–H groups in total. The molecule has 0 spiro atoms. The van der Waals surface area contributed by atoms with Gasteiger partial charge in [-0.3, -0.25) is 9.78 Å². The minimum atomic E-state index is -1.44. The average molecular weight is 638 g/mol. The number of hydrogen-bond acceptors (Lipinski definition) is 8. The molecule has 1 unspecified atom stereocenters. The van der Waals surface area contributed by atoms with Crippen LogP contribution in [-0.4, -0.2) is 93.2 Å². The van der Waals surface area contributed by atoms with Crippen LogP contribution in [0, 0.1) is 5.92 Å². The Bertz CT molecular complexity index is 1200. The van der Waals surface area contributed by atoms with E-state index in [1.807, 2.05) is 56.4 Å². The number of piperidine rings is 1. The number of pyridine rings is 1.